The molecule has 1 amide bonds. The highest BCUT2D eigenvalue weighted by molar-refractivity contribution is 5.99. The lowest BCUT2D eigenvalue weighted by atomic mass is 9.90. The zero-order valence-electron chi connectivity index (χ0n) is 15.5. The summed E-state index contributed by atoms with van der Waals surface area (Å²) in [6.07, 6.45) is 3.21. The van der Waals surface area contributed by atoms with Crippen molar-refractivity contribution in [1.82, 2.24) is 4.90 Å². The molecule has 2 aromatic carbocycles. The van der Waals surface area contributed by atoms with Crippen molar-refractivity contribution >= 4 is 16.9 Å². The number of hydrogen-bond donors (Lipinski definition) is 0. The van der Waals surface area contributed by atoms with Crippen LogP contribution in [0.15, 0.2) is 52.9 Å². The van der Waals surface area contributed by atoms with Crippen LogP contribution in [-0.4, -0.2) is 23.9 Å². The third-order valence-corrected chi connectivity index (χ3v) is 5.55. The minimum absolute atomic E-state index is 0.0366. The van der Waals surface area contributed by atoms with Gasteiger partial charge in [0.2, 0.25) is 0 Å². The second kappa shape index (κ2) is 6.99. The lowest BCUT2D eigenvalue weighted by Gasteiger charge is -2.31. The van der Waals surface area contributed by atoms with Gasteiger partial charge in [-0.25, -0.2) is 0 Å². The van der Waals surface area contributed by atoms with Gasteiger partial charge < -0.3 is 9.32 Å². The molecule has 134 valence electrons. The molecule has 2 heterocycles. The van der Waals surface area contributed by atoms with Crippen LogP contribution in [0.25, 0.3) is 11.0 Å². The molecule has 0 N–H and O–H groups in total. The summed E-state index contributed by atoms with van der Waals surface area (Å²) >= 11 is 0. The highest BCUT2D eigenvalue weighted by atomic mass is 16.3. The Morgan fingerprint density at radius 3 is 2.54 bits per heavy atom. The van der Waals surface area contributed by atoms with Crippen LogP contribution in [0.3, 0.4) is 0 Å². The molecule has 1 aliphatic heterocycles. The van der Waals surface area contributed by atoms with E-state index in [1.807, 2.05) is 24.0 Å². The number of aryl methyl sites for hydroxylation is 2. The Kier molecular flexibility index (Phi) is 4.54. The number of hydrogen-bond acceptors (Lipinski definition) is 2. The molecule has 0 aliphatic carbocycles. The van der Waals surface area contributed by atoms with Crippen LogP contribution in [0, 0.1) is 19.8 Å². The van der Waals surface area contributed by atoms with Gasteiger partial charge in [-0.3, -0.25) is 4.79 Å². The van der Waals surface area contributed by atoms with E-state index in [2.05, 4.69) is 43.3 Å². The molecule has 4 rings (SSSR count). The van der Waals surface area contributed by atoms with Crippen molar-refractivity contribution in [3.8, 4) is 0 Å². The predicted molar refractivity (Wildman–Crippen MR) is 104 cm³/mol. The molecule has 0 unspecified atom stereocenters. The van der Waals surface area contributed by atoms with Gasteiger partial charge in [-0.15, -0.1) is 0 Å². The van der Waals surface area contributed by atoms with Crippen LogP contribution in [0.2, 0.25) is 0 Å². The van der Waals surface area contributed by atoms with Crippen molar-refractivity contribution in [3.63, 3.8) is 0 Å². The maximum atomic E-state index is 13.0. The molecule has 26 heavy (non-hydrogen) atoms. The van der Waals surface area contributed by atoms with Crippen LogP contribution in [0.1, 0.15) is 40.1 Å². The summed E-state index contributed by atoms with van der Waals surface area (Å²) in [6, 6.07) is 16.7. The second-order valence-electron chi connectivity index (χ2n) is 7.48. The van der Waals surface area contributed by atoms with Gasteiger partial charge in [-0.2, -0.15) is 0 Å². The number of piperidine rings is 1. The summed E-state index contributed by atoms with van der Waals surface area (Å²) in [5, 5.41) is 1.05. The fourth-order valence-corrected chi connectivity index (χ4v) is 3.97. The van der Waals surface area contributed by atoms with E-state index in [1.54, 1.807) is 0 Å². The lowest BCUT2D eigenvalue weighted by Crippen LogP contribution is -2.39. The van der Waals surface area contributed by atoms with E-state index in [0.717, 1.165) is 48.9 Å². The summed E-state index contributed by atoms with van der Waals surface area (Å²) in [7, 11) is 0. The highest BCUT2D eigenvalue weighted by Gasteiger charge is 2.27. The summed E-state index contributed by atoms with van der Waals surface area (Å²) < 4.78 is 5.90. The average molecular weight is 347 g/mol. The molecule has 1 fully saturated rings. The van der Waals surface area contributed by atoms with Crippen molar-refractivity contribution in [2.45, 2.75) is 33.1 Å². The van der Waals surface area contributed by atoms with Gasteiger partial charge in [-0.05, 0) is 56.7 Å². The molecule has 0 saturated carbocycles. The van der Waals surface area contributed by atoms with Gasteiger partial charge in [0.1, 0.15) is 5.58 Å². The number of fused-ring (bicyclic) bond motifs is 1. The smallest absolute Gasteiger partial charge is 0.289 e. The molecule has 3 aromatic rings. The normalized spacial score (nSPS) is 15.5. The van der Waals surface area contributed by atoms with E-state index in [0.29, 0.717) is 11.7 Å². The monoisotopic (exact) mass is 347 g/mol. The van der Waals surface area contributed by atoms with Gasteiger partial charge in [0, 0.05) is 24.0 Å². The quantitative estimate of drug-likeness (QED) is 0.657. The Morgan fingerprint density at radius 1 is 1.08 bits per heavy atom. The molecular weight excluding hydrogens is 322 g/mol. The van der Waals surface area contributed by atoms with Crippen molar-refractivity contribution in [1.29, 1.82) is 0 Å². The van der Waals surface area contributed by atoms with Gasteiger partial charge in [-0.1, -0.05) is 42.0 Å². The van der Waals surface area contributed by atoms with E-state index in [1.165, 1.54) is 11.1 Å². The van der Waals surface area contributed by atoms with Crippen LogP contribution < -0.4 is 0 Å². The first-order valence-electron chi connectivity index (χ1n) is 9.45. The maximum Gasteiger partial charge on any atom is 0.289 e. The summed E-state index contributed by atoms with van der Waals surface area (Å²) in [6.45, 7) is 5.67. The minimum atomic E-state index is 0.0366. The molecule has 0 spiro atoms. The van der Waals surface area contributed by atoms with Crippen LogP contribution in [-0.2, 0) is 6.42 Å². The average Bonchev–Trinajstić information content (AvgIpc) is 2.99. The Balaban J connectivity index is 1.44. The lowest BCUT2D eigenvalue weighted by molar-refractivity contribution is 0.0660. The largest absolute Gasteiger partial charge is 0.451 e. The molecule has 3 heteroatoms. The first kappa shape index (κ1) is 16.9. The Hall–Kier alpha value is -2.55. The van der Waals surface area contributed by atoms with Crippen molar-refractivity contribution in [2.75, 3.05) is 13.1 Å². The number of carbonyl (C=O) groups is 1. The molecule has 0 atom stereocenters. The molecule has 1 aromatic heterocycles. The van der Waals surface area contributed by atoms with E-state index >= 15 is 0 Å². The molecule has 1 aliphatic rings. The number of nitrogens with zero attached hydrogens (tertiary/aromatic N) is 1. The van der Waals surface area contributed by atoms with E-state index in [9.17, 15) is 4.79 Å². The number of furan rings is 1. The molecule has 0 radical (unpaired) electrons. The number of carbonyl (C=O) groups excluding carboxylic acids is 1. The van der Waals surface area contributed by atoms with Gasteiger partial charge in [0.15, 0.2) is 5.76 Å². The summed E-state index contributed by atoms with van der Waals surface area (Å²) in [5.41, 5.74) is 4.33. The Morgan fingerprint density at radius 2 is 1.81 bits per heavy atom. The maximum absolute atomic E-state index is 13.0. The van der Waals surface area contributed by atoms with Gasteiger partial charge >= 0.3 is 0 Å². The summed E-state index contributed by atoms with van der Waals surface area (Å²) in [4.78, 5) is 14.9. The van der Waals surface area contributed by atoms with Crippen molar-refractivity contribution in [3.05, 3.63) is 71.0 Å². The number of amides is 1. The molecule has 1 saturated heterocycles. The standard InChI is InChI=1S/C23H25NO2/c1-16-8-9-21-20(14-16)17(2)22(26-21)23(25)24-12-10-19(11-13-24)15-18-6-4-3-5-7-18/h3-9,14,19H,10-13,15H2,1-2H3. The molecule has 0 bridgehead atoms. The summed E-state index contributed by atoms with van der Waals surface area (Å²) in [5.74, 6) is 1.20. The van der Waals surface area contributed by atoms with E-state index < -0.39 is 0 Å². The first-order valence-corrected chi connectivity index (χ1v) is 9.45. The number of likely N-dealkylation sites (tertiary alicyclic amines) is 1. The number of rotatable bonds is 3. The SMILES string of the molecule is Cc1ccc2oc(C(=O)N3CCC(Cc4ccccc4)CC3)c(C)c2c1. The van der Waals surface area contributed by atoms with Crippen LogP contribution >= 0.6 is 0 Å². The van der Waals surface area contributed by atoms with Gasteiger partial charge in [0.05, 0.1) is 0 Å². The number of benzene rings is 2. The van der Waals surface area contributed by atoms with Crippen molar-refractivity contribution in [2.24, 2.45) is 5.92 Å². The second-order valence-corrected chi connectivity index (χ2v) is 7.48. The molecular formula is C23H25NO2. The third kappa shape index (κ3) is 3.26. The zero-order chi connectivity index (χ0) is 18.1. The zero-order valence-corrected chi connectivity index (χ0v) is 15.5. The third-order valence-electron chi connectivity index (χ3n) is 5.55. The predicted octanol–water partition coefficient (Wildman–Crippen LogP) is 5.14. The van der Waals surface area contributed by atoms with Crippen LogP contribution in [0.4, 0.5) is 0 Å². The van der Waals surface area contributed by atoms with Crippen LogP contribution in [0.5, 0.6) is 0 Å². The van der Waals surface area contributed by atoms with E-state index in [4.69, 9.17) is 4.42 Å². The Bertz CT molecular complexity index is 918. The fraction of sp³-hybridized carbons (Fsp3) is 0.348. The van der Waals surface area contributed by atoms with Gasteiger partial charge in [0.25, 0.3) is 5.91 Å². The van der Waals surface area contributed by atoms with Crippen molar-refractivity contribution < 1.29 is 9.21 Å². The fourth-order valence-electron chi connectivity index (χ4n) is 3.97. The highest BCUT2D eigenvalue weighted by Crippen LogP contribution is 2.29. The topological polar surface area (TPSA) is 33.5 Å². The first-order chi connectivity index (χ1) is 12.6. The molecule has 3 nitrogen and oxygen atoms in total. The van der Waals surface area contributed by atoms with E-state index in [-0.39, 0.29) is 5.91 Å². The Labute approximate surface area is 154 Å². The minimum Gasteiger partial charge on any atom is -0.451 e.